The van der Waals surface area contributed by atoms with E-state index in [-0.39, 0.29) is 13.2 Å². The van der Waals surface area contributed by atoms with E-state index in [1.165, 1.54) is 12.8 Å². The zero-order valence-electron chi connectivity index (χ0n) is 9.45. The van der Waals surface area contributed by atoms with Crippen molar-refractivity contribution in [3.63, 3.8) is 0 Å². The second kappa shape index (κ2) is 4.37. The second-order valence-corrected chi connectivity index (χ2v) is 5.23. The van der Waals surface area contributed by atoms with Gasteiger partial charge in [-0.1, -0.05) is 0 Å². The van der Waals surface area contributed by atoms with E-state index in [1.54, 1.807) is 0 Å². The standard InChI is InChI=1S/C11H22N2O2/c1-11(7-14,8-15)12-9-4-5-13(6-9)10-2-3-10/h9-10,12,14-15H,2-8H2,1H3. The average Bonchev–Trinajstić information content (AvgIpc) is 3.00. The first-order valence-corrected chi connectivity index (χ1v) is 5.90. The van der Waals surface area contributed by atoms with Crippen LogP contribution in [0.3, 0.4) is 0 Å². The van der Waals surface area contributed by atoms with E-state index >= 15 is 0 Å². The van der Waals surface area contributed by atoms with Crippen LogP contribution in [0.15, 0.2) is 0 Å². The molecule has 3 N–H and O–H groups in total. The summed E-state index contributed by atoms with van der Waals surface area (Å²) in [6.07, 6.45) is 3.83. The van der Waals surface area contributed by atoms with Crippen molar-refractivity contribution in [2.24, 2.45) is 0 Å². The summed E-state index contributed by atoms with van der Waals surface area (Å²) in [4.78, 5) is 2.52. The summed E-state index contributed by atoms with van der Waals surface area (Å²) in [5.74, 6) is 0. The van der Waals surface area contributed by atoms with Gasteiger partial charge in [-0.05, 0) is 26.2 Å². The number of nitrogens with zero attached hydrogens (tertiary/aromatic N) is 1. The van der Waals surface area contributed by atoms with E-state index in [2.05, 4.69) is 10.2 Å². The highest BCUT2D eigenvalue weighted by Crippen LogP contribution is 2.30. The zero-order valence-corrected chi connectivity index (χ0v) is 9.45. The van der Waals surface area contributed by atoms with Crippen molar-refractivity contribution in [2.45, 2.75) is 43.8 Å². The molecular formula is C11H22N2O2. The fourth-order valence-electron chi connectivity index (χ4n) is 2.31. The van der Waals surface area contributed by atoms with Crippen molar-refractivity contribution < 1.29 is 10.2 Å². The molecule has 2 fully saturated rings. The molecule has 0 aromatic carbocycles. The Balaban J connectivity index is 1.80. The first-order chi connectivity index (χ1) is 7.17. The summed E-state index contributed by atoms with van der Waals surface area (Å²) >= 11 is 0. The highest BCUT2D eigenvalue weighted by Gasteiger charge is 2.36. The minimum atomic E-state index is -0.524. The van der Waals surface area contributed by atoms with Crippen LogP contribution >= 0.6 is 0 Å². The minimum Gasteiger partial charge on any atom is -0.394 e. The average molecular weight is 214 g/mol. The Morgan fingerprint density at radius 3 is 2.47 bits per heavy atom. The SMILES string of the molecule is CC(CO)(CO)NC1CCN(C2CC2)C1. The van der Waals surface area contributed by atoms with Crippen LogP contribution in [0.2, 0.25) is 0 Å². The highest BCUT2D eigenvalue weighted by atomic mass is 16.3. The van der Waals surface area contributed by atoms with E-state index in [1.807, 2.05) is 6.92 Å². The molecule has 88 valence electrons. The molecule has 2 aliphatic rings. The van der Waals surface area contributed by atoms with Crippen molar-refractivity contribution in [1.82, 2.24) is 10.2 Å². The summed E-state index contributed by atoms with van der Waals surface area (Å²) in [5, 5.41) is 21.8. The summed E-state index contributed by atoms with van der Waals surface area (Å²) in [6, 6.07) is 1.25. The summed E-state index contributed by atoms with van der Waals surface area (Å²) in [5.41, 5.74) is -0.524. The van der Waals surface area contributed by atoms with Gasteiger partial charge < -0.3 is 15.5 Å². The topological polar surface area (TPSA) is 55.7 Å². The highest BCUT2D eigenvalue weighted by molar-refractivity contribution is 4.95. The number of likely N-dealkylation sites (tertiary alicyclic amines) is 1. The van der Waals surface area contributed by atoms with Crippen LogP contribution in [0, 0.1) is 0 Å². The van der Waals surface area contributed by atoms with Crippen molar-refractivity contribution >= 4 is 0 Å². The van der Waals surface area contributed by atoms with Crippen LogP contribution < -0.4 is 5.32 Å². The van der Waals surface area contributed by atoms with Gasteiger partial charge in [0.15, 0.2) is 0 Å². The quantitative estimate of drug-likeness (QED) is 0.580. The molecule has 0 aromatic heterocycles. The molecule has 1 aliphatic heterocycles. The third-order valence-electron chi connectivity index (χ3n) is 3.53. The number of hydrogen-bond donors (Lipinski definition) is 3. The molecule has 4 heteroatoms. The van der Waals surface area contributed by atoms with Gasteiger partial charge in [0.2, 0.25) is 0 Å². The summed E-state index contributed by atoms with van der Waals surface area (Å²) in [6.45, 7) is 4.08. The van der Waals surface area contributed by atoms with Crippen LogP contribution in [-0.4, -0.2) is 59.0 Å². The van der Waals surface area contributed by atoms with E-state index in [0.29, 0.717) is 6.04 Å². The van der Waals surface area contributed by atoms with E-state index in [4.69, 9.17) is 0 Å². The molecule has 1 saturated heterocycles. The van der Waals surface area contributed by atoms with Crippen LogP contribution in [0.5, 0.6) is 0 Å². The number of aliphatic hydroxyl groups is 2. The predicted octanol–water partition coefficient (Wildman–Crippen LogP) is -0.444. The maximum atomic E-state index is 9.20. The van der Waals surface area contributed by atoms with Gasteiger partial charge in [0.1, 0.15) is 0 Å². The van der Waals surface area contributed by atoms with Gasteiger partial charge in [-0.25, -0.2) is 0 Å². The normalized spacial score (nSPS) is 28.6. The Morgan fingerprint density at radius 1 is 1.27 bits per heavy atom. The van der Waals surface area contributed by atoms with Gasteiger partial charge >= 0.3 is 0 Å². The van der Waals surface area contributed by atoms with E-state index in [9.17, 15) is 10.2 Å². The first kappa shape index (κ1) is 11.3. The Hall–Kier alpha value is -0.160. The van der Waals surface area contributed by atoms with Crippen molar-refractivity contribution in [3.8, 4) is 0 Å². The number of nitrogens with one attached hydrogen (secondary N) is 1. The Bertz CT molecular complexity index is 215. The Kier molecular flexibility index (Phi) is 3.30. The van der Waals surface area contributed by atoms with E-state index in [0.717, 1.165) is 25.6 Å². The summed E-state index contributed by atoms with van der Waals surface area (Å²) < 4.78 is 0. The second-order valence-electron chi connectivity index (χ2n) is 5.23. The zero-order chi connectivity index (χ0) is 10.9. The van der Waals surface area contributed by atoms with Crippen LogP contribution in [-0.2, 0) is 0 Å². The maximum Gasteiger partial charge on any atom is 0.0633 e. The fraction of sp³-hybridized carbons (Fsp3) is 1.00. The minimum absolute atomic E-state index is 0.0105. The van der Waals surface area contributed by atoms with Crippen molar-refractivity contribution in [2.75, 3.05) is 26.3 Å². The molecule has 4 nitrogen and oxygen atoms in total. The molecule has 0 spiro atoms. The van der Waals surface area contributed by atoms with E-state index < -0.39 is 5.54 Å². The molecule has 1 atom stereocenters. The lowest BCUT2D eigenvalue weighted by Gasteiger charge is -2.30. The molecule has 1 heterocycles. The number of hydrogen-bond acceptors (Lipinski definition) is 4. The fourth-order valence-corrected chi connectivity index (χ4v) is 2.31. The number of aliphatic hydroxyl groups excluding tert-OH is 2. The third kappa shape index (κ3) is 2.69. The van der Waals surface area contributed by atoms with Gasteiger partial charge in [0, 0.05) is 25.2 Å². The van der Waals surface area contributed by atoms with Gasteiger partial charge in [-0.3, -0.25) is 4.90 Å². The lowest BCUT2D eigenvalue weighted by Crippen LogP contribution is -2.54. The van der Waals surface area contributed by atoms with Crippen LogP contribution in [0.4, 0.5) is 0 Å². The molecule has 1 unspecified atom stereocenters. The van der Waals surface area contributed by atoms with Gasteiger partial charge in [0.05, 0.1) is 18.8 Å². The molecule has 1 aliphatic carbocycles. The largest absolute Gasteiger partial charge is 0.394 e. The van der Waals surface area contributed by atoms with Crippen molar-refractivity contribution in [3.05, 3.63) is 0 Å². The molecule has 15 heavy (non-hydrogen) atoms. The molecule has 0 radical (unpaired) electrons. The van der Waals surface area contributed by atoms with Gasteiger partial charge in [0.25, 0.3) is 0 Å². The van der Waals surface area contributed by atoms with Crippen molar-refractivity contribution in [1.29, 1.82) is 0 Å². The smallest absolute Gasteiger partial charge is 0.0633 e. The van der Waals surface area contributed by atoms with Crippen LogP contribution in [0.1, 0.15) is 26.2 Å². The molecule has 0 amide bonds. The molecule has 1 saturated carbocycles. The predicted molar refractivity (Wildman–Crippen MR) is 58.7 cm³/mol. The lowest BCUT2D eigenvalue weighted by molar-refractivity contribution is 0.0943. The molecule has 0 bridgehead atoms. The summed E-state index contributed by atoms with van der Waals surface area (Å²) in [7, 11) is 0. The maximum absolute atomic E-state index is 9.20. The Labute approximate surface area is 91.3 Å². The molecule has 2 rings (SSSR count). The lowest BCUT2D eigenvalue weighted by atomic mass is 10.0. The molecule has 0 aromatic rings. The number of rotatable bonds is 5. The monoisotopic (exact) mass is 214 g/mol. The van der Waals surface area contributed by atoms with Gasteiger partial charge in [-0.15, -0.1) is 0 Å². The first-order valence-electron chi connectivity index (χ1n) is 5.90. The Morgan fingerprint density at radius 2 is 1.93 bits per heavy atom. The third-order valence-corrected chi connectivity index (χ3v) is 3.53. The van der Waals surface area contributed by atoms with Gasteiger partial charge in [-0.2, -0.15) is 0 Å². The molecular weight excluding hydrogens is 192 g/mol. The van der Waals surface area contributed by atoms with Crippen LogP contribution in [0.25, 0.3) is 0 Å².